The zero-order valence-electron chi connectivity index (χ0n) is 36.0. The van der Waals surface area contributed by atoms with E-state index in [9.17, 15) is 14.4 Å². The molecule has 1 aliphatic heterocycles. The standard InChI is InChI=1S/C48H83NO6/c1-5-8-18-28-43(4)36-41-53-46(50)33-23-15-11-13-21-31-45(55-48(52)35-27-40-49-38-25-17-26-39-49)32-22-14-12-16-24-34-47(51)54-42-37-44(29-19-9-6-2)30-20-10-7-3/h29,43-45H,2,5,7-8,10-18,20-28,30-42H2,1,3-4H3. The van der Waals surface area contributed by atoms with Crippen molar-refractivity contribution >= 4 is 17.9 Å². The number of rotatable bonds is 36. The van der Waals surface area contributed by atoms with Gasteiger partial charge in [-0.05, 0) is 127 Å². The molecule has 3 atom stereocenters. The van der Waals surface area contributed by atoms with Crippen LogP contribution in [0.3, 0.4) is 0 Å². The van der Waals surface area contributed by atoms with Crippen LogP contribution in [0.2, 0.25) is 0 Å². The van der Waals surface area contributed by atoms with Crippen LogP contribution in [0.1, 0.15) is 207 Å². The number of allylic oxidation sites excluding steroid dienone is 1. The predicted octanol–water partition coefficient (Wildman–Crippen LogP) is 12.6. The van der Waals surface area contributed by atoms with E-state index in [1.165, 1.54) is 57.8 Å². The molecule has 7 nitrogen and oxygen atoms in total. The van der Waals surface area contributed by atoms with Gasteiger partial charge in [0.05, 0.1) is 13.2 Å². The van der Waals surface area contributed by atoms with Gasteiger partial charge in [-0.1, -0.05) is 122 Å². The van der Waals surface area contributed by atoms with Crippen LogP contribution in [0.5, 0.6) is 0 Å². The van der Waals surface area contributed by atoms with E-state index in [-0.39, 0.29) is 24.0 Å². The summed E-state index contributed by atoms with van der Waals surface area (Å²) in [5.74, 6) is 0.722. The number of esters is 3. The molecule has 1 fully saturated rings. The van der Waals surface area contributed by atoms with Crippen molar-refractivity contribution in [2.45, 2.75) is 213 Å². The largest absolute Gasteiger partial charge is 0.466 e. The summed E-state index contributed by atoms with van der Waals surface area (Å²) in [6.45, 7) is 14.5. The highest BCUT2D eigenvalue weighted by atomic mass is 16.5. The van der Waals surface area contributed by atoms with Crippen molar-refractivity contribution in [3.05, 3.63) is 29.8 Å². The van der Waals surface area contributed by atoms with Crippen LogP contribution in [-0.4, -0.2) is 61.8 Å². The zero-order valence-corrected chi connectivity index (χ0v) is 36.0. The van der Waals surface area contributed by atoms with Crippen molar-refractivity contribution in [3.8, 4) is 0 Å². The Kier molecular flexibility index (Phi) is 34.0. The normalized spacial score (nSPS) is 14.5. The quantitative estimate of drug-likeness (QED) is 0.0272. The molecule has 55 heavy (non-hydrogen) atoms. The molecule has 0 aromatic carbocycles. The summed E-state index contributed by atoms with van der Waals surface area (Å²) in [6.07, 6.45) is 31.5. The van der Waals surface area contributed by atoms with Gasteiger partial charge in [-0.15, -0.1) is 0 Å². The molecule has 0 N–H and O–H groups in total. The van der Waals surface area contributed by atoms with Crippen molar-refractivity contribution < 1.29 is 28.6 Å². The van der Waals surface area contributed by atoms with E-state index in [2.05, 4.69) is 49.4 Å². The Bertz CT molecular complexity index is 1080. The molecule has 3 unspecified atom stereocenters. The van der Waals surface area contributed by atoms with Gasteiger partial charge in [0.1, 0.15) is 6.10 Å². The van der Waals surface area contributed by atoms with Gasteiger partial charge in [-0.2, -0.15) is 0 Å². The lowest BCUT2D eigenvalue weighted by molar-refractivity contribution is -0.150. The number of hydrogen-bond donors (Lipinski definition) is 0. The molecule has 0 radical (unpaired) electrons. The number of hydrogen-bond acceptors (Lipinski definition) is 7. The molecule has 0 saturated carbocycles. The Balaban J connectivity index is 2.31. The number of carbonyl (C=O) groups excluding carboxylic acids is 3. The zero-order chi connectivity index (χ0) is 40.0. The number of nitrogens with zero attached hydrogens (tertiary/aromatic N) is 1. The van der Waals surface area contributed by atoms with Gasteiger partial charge in [0.2, 0.25) is 0 Å². The van der Waals surface area contributed by atoms with E-state index in [1.54, 1.807) is 0 Å². The summed E-state index contributed by atoms with van der Waals surface area (Å²) in [5.41, 5.74) is 8.37. The number of piperidine rings is 1. The van der Waals surface area contributed by atoms with Gasteiger partial charge < -0.3 is 19.1 Å². The Morgan fingerprint density at radius 1 is 0.618 bits per heavy atom. The second-order valence-electron chi connectivity index (χ2n) is 16.2. The molecule has 0 spiro atoms. The van der Waals surface area contributed by atoms with Crippen LogP contribution in [0.15, 0.2) is 29.8 Å². The topological polar surface area (TPSA) is 82.1 Å². The Labute approximate surface area is 338 Å². The van der Waals surface area contributed by atoms with E-state index >= 15 is 0 Å². The molecule has 1 heterocycles. The first kappa shape index (κ1) is 50.5. The first-order valence-corrected chi connectivity index (χ1v) is 23.0. The highest BCUT2D eigenvalue weighted by molar-refractivity contribution is 5.70. The third-order valence-electron chi connectivity index (χ3n) is 11.0. The van der Waals surface area contributed by atoms with Crippen LogP contribution in [0.4, 0.5) is 0 Å². The second kappa shape index (κ2) is 37.1. The van der Waals surface area contributed by atoms with Crippen LogP contribution >= 0.6 is 0 Å². The minimum atomic E-state index is -0.108. The molecule has 0 bridgehead atoms. The van der Waals surface area contributed by atoms with Crippen molar-refractivity contribution in [2.24, 2.45) is 11.8 Å². The van der Waals surface area contributed by atoms with Crippen LogP contribution in [0.25, 0.3) is 0 Å². The lowest BCUT2D eigenvalue weighted by Crippen LogP contribution is -2.31. The molecule has 0 aromatic rings. The van der Waals surface area contributed by atoms with Gasteiger partial charge in [0, 0.05) is 19.3 Å². The number of ether oxygens (including phenoxy) is 3. The van der Waals surface area contributed by atoms with E-state index in [0.717, 1.165) is 129 Å². The highest BCUT2D eigenvalue weighted by Gasteiger charge is 2.16. The molecule has 7 heteroatoms. The fraction of sp³-hybridized carbons (Fsp3) is 0.833. The maximum atomic E-state index is 12.8. The summed E-state index contributed by atoms with van der Waals surface area (Å²) in [7, 11) is 0. The minimum Gasteiger partial charge on any atom is -0.466 e. The number of carbonyl (C=O) groups is 3. The number of unbranched alkanes of at least 4 members (excludes halogenated alkanes) is 12. The predicted molar refractivity (Wildman–Crippen MR) is 227 cm³/mol. The van der Waals surface area contributed by atoms with Crippen molar-refractivity contribution in [1.82, 2.24) is 4.90 Å². The van der Waals surface area contributed by atoms with Crippen LogP contribution < -0.4 is 0 Å². The van der Waals surface area contributed by atoms with Gasteiger partial charge in [0.25, 0.3) is 0 Å². The van der Waals surface area contributed by atoms with Gasteiger partial charge >= 0.3 is 17.9 Å². The maximum absolute atomic E-state index is 12.8. The van der Waals surface area contributed by atoms with Crippen molar-refractivity contribution in [3.63, 3.8) is 0 Å². The lowest BCUT2D eigenvalue weighted by atomic mass is 9.98. The summed E-state index contributed by atoms with van der Waals surface area (Å²) in [6, 6.07) is 0. The molecule has 0 aromatic heterocycles. The third kappa shape index (κ3) is 32.3. The molecular formula is C48H83NO6. The monoisotopic (exact) mass is 770 g/mol. The molecular weight excluding hydrogens is 687 g/mol. The summed E-state index contributed by atoms with van der Waals surface area (Å²) >= 11 is 0. The van der Waals surface area contributed by atoms with Gasteiger partial charge in [-0.25, -0.2) is 0 Å². The Morgan fingerprint density at radius 2 is 1.15 bits per heavy atom. The fourth-order valence-corrected chi connectivity index (χ4v) is 7.39. The summed E-state index contributed by atoms with van der Waals surface area (Å²) < 4.78 is 17.1. The average Bonchev–Trinajstić information content (AvgIpc) is 3.17. The smallest absolute Gasteiger partial charge is 0.306 e. The van der Waals surface area contributed by atoms with Gasteiger partial charge in [-0.3, -0.25) is 14.4 Å². The average molecular weight is 770 g/mol. The fourth-order valence-electron chi connectivity index (χ4n) is 7.39. The van der Waals surface area contributed by atoms with E-state index < -0.39 is 0 Å². The Hall–Kier alpha value is -2.55. The highest BCUT2D eigenvalue weighted by Crippen LogP contribution is 2.20. The minimum absolute atomic E-state index is 0.0271. The van der Waals surface area contributed by atoms with E-state index in [1.807, 2.05) is 6.08 Å². The molecule has 0 aliphatic carbocycles. The molecule has 1 rings (SSSR count). The molecule has 1 aliphatic rings. The maximum Gasteiger partial charge on any atom is 0.306 e. The number of likely N-dealkylation sites (tertiary alicyclic amines) is 1. The van der Waals surface area contributed by atoms with E-state index in [0.29, 0.717) is 44.3 Å². The molecule has 1 saturated heterocycles. The first-order chi connectivity index (χ1) is 26.9. The van der Waals surface area contributed by atoms with E-state index in [4.69, 9.17) is 14.2 Å². The van der Waals surface area contributed by atoms with Crippen molar-refractivity contribution in [1.29, 1.82) is 0 Å². The molecule has 316 valence electrons. The third-order valence-corrected chi connectivity index (χ3v) is 11.0. The molecule has 0 amide bonds. The van der Waals surface area contributed by atoms with Crippen LogP contribution in [0, 0.1) is 11.8 Å². The SMILES string of the molecule is C=C=C=C=CC(CCCCC)CCOC(=O)CCCCCCCC(CCCCCCCC(=O)OCCC(C)CCCCC)OC(=O)CCCN1CCCCC1. The van der Waals surface area contributed by atoms with Crippen LogP contribution in [-0.2, 0) is 28.6 Å². The van der Waals surface area contributed by atoms with Gasteiger partial charge in [0.15, 0.2) is 0 Å². The lowest BCUT2D eigenvalue weighted by Gasteiger charge is -2.26. The first-order valence-electron chi connectivity index (χ1n) is 23.0. The second-order valence-corrected chi connectivity index (χ2v) is 16.2. The summed E-state index contributed by atoms with van der Waals surface area (Å²) in [5, 5.41) is 0. The Morgan fingerprint density at radius 3 is 1.75 bits per heavy atom. The summed E-state index contributed by atoms with van der Waals surface area (Å²) in [4.78, 5) is 39.8. The van der Waals surface area contributed by atoms with Crippen molar-refractivity contribution in [2.75, 3.05) is 32.8 Å².